The Morgan fingerprint density at radius 2 is 1.71 bits per heavy atom. The zero-order valence-electron chi connectivity index (χ0n) is 24.6. The number of imide groups is 1. The van der Waals surface area contributed by atoms with Crippen molar-refractivity contribution >= 4 is 11.8 Å². The second-order valence-electron chi connectivity index (χ2n) is 14.3. The second kappa shape index (κ2) is 10.1. The van der Waals surface area contributed by atoms with E-state index in [1.165, 1.54) is 29.7 Å². The summed E-state index contributed by atoms with van der Waals surface area (Å²) in [6, 6.07) is 9.20. The van der Waals surface area contributed by atoms with Crippen molar-refractivity contribution in [1.82, 2.24) is 4.90 Å². The van der Waals surface area contributed by atoms with Gasteiger partial charge < -0.3 is 14.3 Å². The van der Waals surface area contributed by atoms with Gasteiger partial charge in [0.2, 0.25) is 0 Å². The number of aliphatic hydroxyl groups is 1. The molecule has 0 spiro atoms. The first-order chi connectivity index (χ1) is 19.8. The zero-order valence-corrected chi connectivity index (χ0v) is 24.6. The zero-order chi connectivity index (χ0) is 28.4. The molecule has 7 rings (SSSR count). The van der Waals surface area contributed by atoms with E-state index in [2.05, 4.69) is 19.9 Å². The quantitative estimate of drug-likeness (QED) is 0.292. The number of ether oxygens (including phenoxy) is 1. The van der Waals surface area contributed by atoms with Crippen LogP contribution in [0.5, 0.6) is 0 Å². The van der Waals surface area contributed by atoms with Crippen molar-refractivity contribution in [1.29, 1.82) is 0 Å². The Morgan fingerprint density at radius 1 is 0.927 bits per heavy atom. The fourth-order valence-corrected chi connectivity index (χ4v) is 10.4. The van der Waals surface area contributed by atoms with Crippen molar-refractivity contribution in [2.24, 2.45) is 28.6 Å². The highest BCUT2D eigenvalue weighted by molar-refractivity contribution is 6.21. The van der Waals surface area contributed by atoms with E-state index >= 15 is 0 Å². The molecule has 8 atom stereocenters. The van der Waals surface area contributed by atoms with E-state index in [0.717, 1.165) is 51.4 Å². The van der Waals surface area contributed by atoms with Crippen molar-refractivity contribution < 1.29 is 23.8 Å². The fourth-order valence-electron chi connectivity index (χ4n) is 10.4. The lowest BCUT2D eigenvalue weighted by atomic mass is 9.43. The minimum absolute atomic E-state index is 0.0748. The van der Waals surface area contributed by atoms with E-state index < -0.39 is 5.60 Å². The molecule has 1 aromatic carbocycles. The number of carbonyl (C=O) groups is 2. The van der Waals surface area contributed by atoms with Crippen molar-refractivity contribution in [2.45, 2.75) is 102 Å². The first-order valence-corrected chi connectivity index (χ1v) is 16.1. The van der Waals surface area contributed by atoms with Crippen LogP contribution in [0.3, 0.4) is 0 Å². The fraction of sp³-hybridized carbons (Fsp3) is 0.657. The largest absolute Gasteiger partial charge is 0.472 e. The SMILES string of the molecule is C[C@]12CC[C@H](OCCCCN3C(=O)c4ccccc4C3=O)C[C@H]1CC[C@@H]1[C@@H]2CC[C@]2(C)[C@@H](c3ccoc3)CC[C@]12O. The van der Waals surface area contributed by atoms with Crippen LogP contribution in [0.2, 0.25) is 0 Å². The maximum Gasteiger partial charge on any atom is 0.261 e. The molecule has 41 heavy (non-hydrogen) atoms. The minimum Gasteiger partial charge on any atom is -0.472 e. The Labute approximate surface area is 243 Å². The van der Waals surface area contributed by atoms with Gasteiger partial charge in [0.1, 0.15) is 0 Å². The molecule has 2 aromatic rings. The van der Waals surface area contributed by atoms with Crippen molar-refractivity contribution in [3.8, 4) is 0 Å². The molecule has 220 valence electrons. The summed E-state index contributed by atoms with van der Waals surface area (Å²) in [6.07, 6.45) is 15.5. The lowest BCUT2D eigenvalue weighted by molar-refractivity contribution is -0.207. The van der Waals surface area contributed by atoms with Gasteiger partial charge in [0, 0.05) is 18.6 Å². The Hall–Kier alpha value is -2.44. The van der Waals surface area contributed by atoms with E-state index in [9.17, 15) is 14.7 Å². The van der Waals surface area contributed by atoms with Gasteiger partial charge in [-0.05, 0) is 123 Å². The van der Waals surface area contributed by atoms with Crippen LogP contribution < -0.4 is 0 Å². The van der Waals surface area contributed by atoms with Gasteiger partial charge in [-0.25, -0.2) is 0 Å². The number of unbranched alkanes of at least 4 members (excludes halogenated alkanes) is 1. The third-order valence-corrected chi connectivity index (χ3v) is 12.8. The number of carbonyl (C=O) groups excluding carboxylic acids is 2. The van der Waals surface area contributed by atoms with Gasteiger partial charge in [0.15, 0.2) is 0 Å². The highest BCUT2D eigenvalue weighted by Gasteiger charge is 2.67. The number of amides is 2. The molecule has 2 heterocycles. The normalized spacial score (nSPS) is 39.8. The molecule has 1 N–H and O–H groups in total. The van der Waals surface area contributed by atoms with Crippen LogP contribution in [0.4, 0.5) is 0 Å². The van der Waals surface area contributed by atoms with Gasteiger partial charge in [-0.2, -0.15) is 0 Å². The molecule has 0 saturated heterocycles. The summed E-state index contributed by atoms with van der Waals surface area (Å²) in [6.45, 7) is 6.02. The summed E-state index contributed by atoms with van der Waals surface area (Å²) in [4.78, 5) is 26.6. The van der Waals surface area contributed by atoms with Gasteiger partial charge in [0.25, 0.3) is 11.8 Å². The van der Waals surface area contributed by atoms with Crippen molar-refractivity contribution in [2.75, 3.05) is 13.2 Å². The van der Waals surface area contributed by atoms with Crippen LogP contribution in [-0.2, 0) is 4.74 Å². The molecule has 4 fully saturated rings. The summed E-state index contributed by atoms with van der Waals surface area (Å²) < 4.78 is 11.9. The molecule has 4 aliphatic carbocycles. The summed E-state index contributed by atoms with van der Waals surface area (Å²) >= 11 is 0. The second-order valence-corrected chi connectivity index (χ2v) is 14.3. The first-order valence-electron chi connectivity index (χ1n) is 16.1. The van der Waals surface area contributed by atoms with Gasteiger partial charge in [0.05, 0.1) is 35.4 Å². The maximum absolute atomic E-state index is 12.6. The molecular weight excluding hydrogens is 514 g/mol. The van der Waals surface area contributed by atoms with Gasteiger partial charge in [-0.1, -0.05) is 26.0 Å². The van der Waals surface area contributed by atoms with E-state index in [1.807, 2.05) is 18.4 Å². The molecule has 6 nitrogen and oxygen atoms in total. The third-order valence-electron chi connectivity index (χ3n) is 12.8. The maximum atomic E-state index is 12.6. The molecule has 0 unspecified atom stereocenters. The van der Waals surface area contributed by atoms with Crippen molar-refractivity contribution in [3.63, 3.8) is 0 Å². The highest BCUT2D eigenvalue weighted by Crippen LogP contribution is 2.70. The number of benzene rings is 1. The molecule has 1 aromatic heterocycles. The van der Waals surface area contributed by atoms with Gasteiger partial charge in [-0.3, -0.25) is 14.5 Å². The van der Waals surface area contributed by atoms with Crippen LogP contribution in [0, 0.1) is 28.6 Å². The predicted molar refractivity (Wildman–Crippen MR) is 155 cm³/mol. The predicted octanol–water partition coefficient (Wildman–Crippen LogP) is 6.98. The van der Waals surface area contributed by atoms with E-state index in [0.29, 0.717) is 48.0 Å². The summed E-state index contributed by atoms with van der Waals surface area (Å²) in [7, 11) is 0. The highest BCUT2D eigenvalue weighted by atomic mass is 16.5. The topological polar surface area (TPSA) is 80.0 Å². The average molecular weight is 560 g/mol. The standard InChI is InChI=1S/C35H45NO5/c1-33-15-11-25(41-19-6-5-18-36-31(37)26-7-3-4-8-27(26)32(36)38)21-24(33)9-10-30-29(33)12-16-34(2)28(13-17-35(30,34)39)23-14-20-40-22-23/h3-4,7-8,14,20,22,24-25,28-30,39H,5-6,9-13,15-19,21H2,1-2H3/t24-,25+,28-,29+,30-,33+,34-,35+/m1/s1. The van der Waals surface area contributed by atoms with E-state index in [4.69, 9.17) is 9.15 Å². The van der Waals surface area contributed by atoms with Gasteiger partial charge >= 0.3 is 0 Å². The molecule has 1 aliphatic heterocycles. The minimum atomic E-state index is -0.585. The summed E-state index contributed by atoms with van der Waals surface area (Å²) in [5, 5.41) is 12.4. The number of nitrogens with zero attached hydrogens (tertiary/aromatic N) is 1. The van der Waals surface area contributed by atoms with Crippen LogP contribution in [-0.4, -0.2) is 46.7 Å². The molecule has 0 bridgehead atoms. The molecule has 6 heteroatoms. The number of furan rings is 1. The lowest BCUT2D eigenvalue weighted by Gasteiger charge is -2.63. The van der Waals surface area contributed by atoms with Gasteiger partial charge in [-0.15, -0.1) is 0 Å². The van der Waals surface area contributed by atoms with Crippen molar-refractivity contribution in [3.05, 3.63) is 59.5 Å². The Morgan fingerprint density at radius 3 is 2.44 bits per heavy atom. The molecule has 2 amide bonds. The Bertz CT molecular complexity index is 1270. The number of hydrogen-bond acceptors (Lipinski definition) is 5. The van der Waals surface area contributed by atoms with Crippen LogP contribution in [0.15, 0.2) is 47.3 Å². The number of hydrogen-bond donors (Lipinski definition) is 1. The smallest absolute Gasteiger partial charge is 0.261 e. The molecule has 5 aliphatic rings. The summed E-state index contributed by atoms with van der Waals surface area (Å²) in [5.74, 6) is 1.67. The number of fused-ring (bicyclic) bond motifs is 6. The average Bonchev–Trinajstić information content (AvgIpc) is 3.65. The molecular formula is C35H45NO5. The first kappa shape index (κ1) is 27.4. The van der Waals surface area contributed by atoms with E-state index in [1.54, 1.807) is 18.4 Å². The Balaban J connectivity index is 0.925. The number of rotatable bonds is 7. The van der Waals surface area contributed by atoms with Crippen LogP contribution >= 0.6 is 0 Å². The third kappa shape index (κ3) is 4.11. The van der Waals surface area contributed by atoms with Crippen LogP contribution in [0.1, 0.15) is 117 Å². The summed E-state index contributed by atoms with van der Waals surface area (Å²) in [5.41, 5.74) is 1.93. The van der Waals surface area contributed by atoms with E-state index in [-0.39, 0.29) is 28.7 Å². The van der Waals surface area contributed by atoms with Crippen LogP contribution in [0.25, 0.3) is 0 Å². The monoisotopic (exact) mass is 559 g/mol. The Kier molecular flexibility index (Phi) is 6.74. The lowest BCUT2D eigenvalue weighted by Crippen LogP contribution is -2.62. The molecule has 4 saturated carbocycles. The molecule has 0 radical (unpaired) electrons.